The van der Waals surface area contributed by atoms with Crippen LogP contribution in [0.25, 0.3) is 0 Å². The van der Waals surface area contributed by atoms with E-state index >= 15 is 0 Å². The lowest BCUT2D eigenvalue weighted by Crippen LogP contribution is -2.42. The van der Waals surface area contributed by atoms with Gasteiger partial charge >= 0.3 is 6.18 Å². The van der Waals surface area contributed by atoms with Crippen LogP contribution < -0.4 is 16.1 Å². The molecule has 0 aliphatic carbocycles. The predicted octanol–water partition coefficient (Wildman–Crippen LogP) is 3.07. The van der Waals surface area contributed by atoms with Gasteiger partial charge in [0.05, 0.1) is 5.69 Å². The molecule has 2 N–H and O–H groups in total. The van der Waals surface area contributed by atoms with Crippen LogP contribution in [0, 0.1) is 5.92 Å². The van der Waals surface area contributed by atoms with E-state index in [1.165, 1.54) is 29.1 Å². The summed E-state index contributed by atoms with van der Waals surface area (Å²) in [6, 6.07) is 1.25. The zero-order valence-corrected chi connectivity index (χ0v) is 17.7. The van der Waals surface area contributed by atoms with E-state index in [1.807, 2.05) is 19.2 Å². The number of nitrogens with zero attached hydrogens (tertiary/aromatic N) is 2. The zero-order chi connectivity index (χ0) is 23.3. The summed E-state index contributed by atoms with van der Waals surface area (Å²) in [6.07, 6.45) is -1.20. The average Bonchev–Trinajstić information content (AvgIpc) is 2.65. The molecule has 0 aliphatic heterocycles. The summed E-state index contributed by atoms with van der Waals surface area (Å²) in [4.78, 5) is 41.7. The van der Waals surface area contributed by atoms with Crippen LogP contribution in [0.4, 0.5) is 13.2 Å². The Kier molecular flexibility index (Phi) is 7.59. The number of hydrogen-bond acceptors (Lipinski definition) is 4. The van der Waals surface area contributed by atoms with Gasteiger partial charge < -0.3 is 15.2 Å². The lowest BCUT2D eigenvalue weighted by atomic mass is 10.1. The van der Waals surface area contributed by atoms with E-state index in [0.717, 1.165) is 12.3 Å². The molecule has 2 amide bonds. The first-order chi connectivity index (χ1) is 14.4. The minimum atomic E-state index is -4.84. The highest BCUT2D eigenvalue weighted by Crippen LogP contribution is 2.31. The molecule has 2 aromatic heterocycles. The van der Waals surface area contributed by atoms with Gasteiger partial charge in [0.2, 0.25) is 5.43 Å². The van der Waals surface area contributed by atoms with Crippen molar-refractivity contribution < 1.29 is 22.8 Å². The van der Waals surface area contributed by atoms with Gasteiger partial charge in [0, 0.05) is 31.2 Å². The highest BCUT2D eigenvalue weighted by Gasteiger charge is 2.43. The van der Waals surface area contributed by atoms with Crippen LogP contribution in [-0.2, 0) is 6.54 Å². The fourth-order valence-corrected chi connectivity index (χ4v) is 2.90. The van der Waals surface area contributed by atoms with Crippen molar-refractivity contribution >= 4 is 11.8 Å². The van der Waals surface area contributed by atoms with Gasteiger partial charge in [-0.25, -0.2) is 0 Å². The molecule has 168 valence electrons. The minimum Gasteiger partial charge on any atom is -0.352 e. The number of pyridine rings is 2. The van der Waals surface area contributed by atoms with Gasteiger partial charge in [-0.15, -0.1) is 0 Å². The second-order valence-corrected chi connectivity index (χ2v) is 7.84. The van der Waals surface area contributed by atoms with E-state index in [1.54, 1.807) is 13.8 Å². The Morgan fingerprint density at radius 1 is 1.03 bits per heavy atom. The second kappa shape index (κ2) is 9.76. The smallest absolute Gasteiger partial charge is 0.352 e. The van der Waals surface area contributed by atoms with Crippen molar-refractivity contribution in [3.8, 4) is 0 Å². The summed E-state index contributed by atoms with van der Waals surface area (Å²) in [7, 11) is 0. The maximum Gasteiger partial charge on any atom is 0.414 e. The van der Waals surface area contributed by atoms with Crippen molar-refractivity contribution in [2.24, 2.45) is 5.92 Å². The third kappa shape index (κ3) is 6.40. The third-order valence-electron chi connectivity index (χ3n) is 4.15. The number of aromatic nitrogens is 2. The predicted molar refractivity (Wildman–Crippen MR) is 109 cm³/mol. The Morgan fingerprint density at radius 2 is 1.61 bits per heavy atom. The Hall–Kier alpha value is -3.17. The van der Waals surface area contributed by atoms with Crippen molar-refractivity contribution in [3.05, 3.63) is 63.8 Å². The summed E-state index contributed by atoms with van der Waals surface area (Å²) >= 11 is 0. The maximum absolute atomic E-state index is 13.6. The Balaban J connectivity index is 2.50. The molecule has 2 aromatic rings. The molecule has 7 nitrogen and oxygen atoms in total. The van der Waals surface area contributed by atoms with Gasteiger partial charge in [-0.1, -0.05) is 19.9 Å². The average molecular weight is 438 g/mol. The summed E-state index contributed by atoms with van der Waals surface area (Å²) in [5.74, 6) is -1.85. The molecule has 0 saturated heterocycles. The number of carbonyl (C=O) groups is 2. The monoisotopic (exact) mass is 438 g/mol. The Labute approximate surface area is 177 Å². The van der Waals surface area contributed by atoms with Crippen LogP contribution >= 0.6 is 0 Å². The highest BCUT2D eigenvalue weighted by atomic mass is 19.4. The fourth-order valence-electron chi connectivity index (χ4n) is 2.90. The first-order valence-corrected chi connectivity index (χ1v) is 9.73. The number of halogens is 3. The second-order valence-electron chi connectivity index (χ2n) is 7.84. The molecule has 0 radical (unpaired) electrons. The summed E-state index contributed by atoms with van der Waals surface area (Å²) < 4.78 is 42.2. The van der Waals surface area contributed by atoms with Crippen LogP contribution in [0.3, 0.4) is 0 Å². The lowest BCUT2D eigenvalue weighted by Gasteiger charge is -2.21. The van der Waals surface area contributed by atoms with Crippen LogP contribution in [0.15, 0.2) is 41.6 Å². The van der Waals surface area contributed by atoms with E-state index in [0.29, 0.717) is 6.54 Å². The van der Waals surface area contributed by atoms with Crippen molar-refractivity contribution in [2.75, 3.05) is 0 Å². The van der Waals surface area contributed by atoms with Crippen molar-refractivity contribution in [2.45, 2.75) is 52.5 Å². The van der Waals surface area contributed by atoms with Gasteiger partial charge in [-0.05, 0) is 31.9 Å². The molecule has 0 aromatic carbocycles. The van der Waals surface area contributed by atoms with Gasteiger partial charge in [0.25, 0.3) is 11.8 Å². The number of rotatable bonds is 7. The molecule has 1 unspecified atom stereocenters. The number of hydrogen-bond donors (Lipinski definition) is 2. The van der Waals surface area contributed by atoms with Gasteiger partial charge in [0.15, 0.2) is 6.04 Å². The Bertz CT molecular complexity index is 986. The van der Waals surface area contributed by atoms with Gasteiger partial charge in [-0.2, -0.15) is 13.2 Å². The number of alkyl halides is 3. The summed E-state index contributed by atoms with van der Waals surface area (Å²) in [5, 5.41) is 4.41. The first kappa shape index (κ1) is 24.1. The minimum absolute atomic E-state index is 0.0934. The lowest BCUT2D eigenvalue weighted by molar-refractivity contribution is -0.156. The molecule has 2 rings (SSSR count). The number of amides is 2. The first-order valence-electron chi connectivity index (χ1n) is 9.73. The van der Waals surface area contributed by atoms with Crippen LogP contribution in [0.2, 0.25) is 0 Å². The van der Waals surface area contributed by atoms with E-state index in [9.17, 15) is 27.6 Å². The number of nitrogens with one attached hydrogen (secondary N) is 2. The SMILES string of the molecule is CC(C)Cn1cc(C(=O)NC(C)C)c(=O)c(C(=O)NC(c2ccccn2)C(F)(F)F)c1. The molecule has 0 saturated carbocycles. The topological polar surface area (TPSA) is 93.1 Å². The quantitative estimate of drug-likeness (QED) is 0.695. The molecule has 0 bridgehead atoms. The summed E-state index contributed by atoms with van der Waals surface area (Å²) in [6.45, 7) is 7.51. The largest absolute Gasteiger partial charge is 0.414 e. The van der Waals surface area contributed by atoms with Gasteiger partial charge in [0.1, 0.15) is 11.1 Å². The fraction of sp³-hybridized carbons (Fsp3) is 0.429. The number of carbonyl (C=O) groups excluding carboxylic acids is 2. The molecular formula is C21H25F3N4O3. The molecule has 31 heavy (non-hydrogen) atoms. The van der Waals surface area contributed by atoms with E-state index in [-0.39, 0.29) is 17.5 Å². The molecule has 10 heteroatoms. The van der Waals surface area contributed by atoms with E-state index < -0.39 is 40.7 Å². The van der Waals surface area contributed by atoms with Gasteiger partial charge in [-0.3, -0.25) is 19.4 Å². The molecule has 0 aliphatic rings. The zero-order valence-electron chi connectivity index (χ0n) is 17.7. The standard InChI is InChI=1S/C21H25F3N4O3/c1-12(2)9-28-10-14(19(30)26-13(3)4)17(29)15(11-28)20(31)27-18(21(22,23)24)16-7-5-6-8-25-16/h5-8,10-13,18H,9H2,1-4H3,(H,26,30)(H,27,31). The van der Waals surface area contributed by atoms with E-state index in [4.69, 9.17) is 0 Å². The highest BCUT2D eigenvalue weighted by molar-refractivity contribution is 5.99. The molecular weight excluding hydrogens is 413 g/mol. The van der Waals surface area contributed by atoms with Crippen LogP contribution in [0.5, 0.6) is 0 Å². The van der Waals surface area contributed by atoms with Crippen molar-refractivity contribution in [1.82, 2.24) is 20.2 Å². The Morgan fingerprint density at radius 3 is 2.06 bits per heavy atom. The molecule has 1 atom stereocenters. The van der Waals surface area contributed by atoms with Crippen LogP contribution in [-0.4, -0.2) is 33.6 Å². The molecule has 0 fully saturated rings. The van der Waals surface area contributed by atoms with Crippen molar-refractivity contribution in [1.29, 1.82) is 0 Å². The van der Waals surface area contributed by atoms with E-state index in [2.05, 4.69) is 10.3 Å². The molecule has 2 heterocycles. The van der Waals surface area contributed by atoms with Crippen molar-refractivity contribution in [3.63, 3.8) is 0 Å². The third-order valence-corrected chi connectivity index (χ3v) is 4.15. The normalized spacial score (nSPS) is 12.7. The molecule has 0 spiro atoms. The van der Waals surface area contributed by atoms with Crippen LogP contribution in [0.1, 0.15) is 60.1 Å². The summed E-state index contributed by atoms with van der Waals surface area (Å²) in [5.41, 5.74) is -2.23. The maximum atomic E-state index is 13.6.